The number of nitrogens with two attached hydrogens (primary N) is 1. The normalized spacial score (nSPS) is 10.4. The molecule has 0 spiro atoms. The van der Waals surface area contributed by atoms with Crippen LogP contribution >= 0.6 is 11.6 Å². The Labute approximate surface area is 95.7 Å². The number of rotatable bonds is 1. The van der Waals surface area contributed by atoms with Crippen molar-refractivity contribution in [1.29, 1.82) is 0 Å². The van der Waals surface area contributed by atoms with E-state index < -0.39 is 11.6 Å². The van der Waals surface area contributed by atoms with Gasteiger partial charge in [0.05, 0.1) is 0 Å². The molecule has 2 nitrogen and oxygen atoms in total. The molecule has 2 aromatic rings. The summed E-state index contributed by atoms with van der Waals surface area (Å²) >= 11 is 5.61. The highest BCUT2D eigenvalue weighted by Crippen LogP contribution is 2.26. The zero-order chi connectivity index (χ0) is 11.7. The molecule has 1 heterocycles. The van der Waals surface area contributed by atoms with Crippen LogP contribution in [0.3, 0.4) is 0 Å². The van der Waals surface area contributed by atoms with Crippen molar-refractivity contribution in [2.45, 2.75) is 0 Å². The molecule has 0 aliphatic carbocycles. The van der Waals surface area contributed by atoms with Gasteiger partial charge in [-0.25, -0.2) is 13.8 Å². The number of nitrogen functional groups attached to an aromatic ring is 1. The van der Waals surface area contributed by atoms with Crippen LogP contribution < -0.4 is 5.73 Å². The van der Waals surface area contributed by atoms with Crippen LogP contribution in [0.2, 0.25) is 5.02 Å². The Bertz CT molecular complexity index is 544. The Morgan fingerprint density at radius 3 is 2.50 bits per heavy atom. The quantitative estimate of drug-likeness (QED) is 0.831. The molecule has 0 bridgehead atoms. The number of aromatic nitrogens is 1. The Kier molecular flexibility index (Phi) is 2.75. The summed E-state index contributed by atoms with van der Waals surface area (Å²) in [6.45, 7) is 0. The zero-order valence-corrected chi connectivity index (χ0v) is 8.80. The van der Waals surface area contributed by atoms with E-state index in [1.165, 1.54) is 18.3 Å². The molecular weight excluding hydrogens is 234 g/mol. The maximum Gasteiger partial charge on any atom is 0.165 e. The van der Waals surface area contributed by atoms with Gasteiger partial charge in [0.1, 0.15) is 5.82 Å². The molecule has 0 unspecified atom stereocenters. The second-order valence-electron chi connectivity index (χ2n) is 3.22. The standard InChI is InChI=1S/C11H7ClF2N2/c12-7-1-2-8(9(13)4-7)6-3-10(14)11(15)16-5-6/h1-5H,(H2,15,16). The zero-order valence-electron chi connectivity index (χ0n) is 8.05. The maximum atomic E-state index is 13.5. The first-order valence-corrected chi connectivity index (χ1v) is 4.82. The number of hydrogen-bond acceptors (Lipinski definition) is 2. The minimum atomic E-state index is -0.674. The molecule has 0 aliphatic heterocycles. The third-order valence-corrected chi connectivity index (χ3v) is 2.35. The van der Waals surface area contributed by atoms with Crippen molar-refractivity contribution in [2.24, 2.45) is 0 Å². The maximum absolute atomic E-state index is 13.5. The van der Waals surface area contributed by atoms with Gasteiger partial charge in [0.15, 0.2) is 11.6 Å². The lowest BCUT2D eigenvalue weighted by Gasteiger charge is -2.04. The molecular formula is C11H7ClF2N2. The number of hydrogen-bond donors (Lipinski definition) is 1. The summed E-state index contributed by atoms with van der Waals surface area (Å²) in [6.07, 6.45) is 1.31. The van der Waals surface area contributed by atoms with E-state index in [-0.39, 0.29) is 16.4 Å². The lowest BCUT2D eigenvalue weighted by atomic mass is 10.1. The smallest absolute Gasteiger partial charge is 0.165 e. The predicted molar refractivity (Wildman–Crippen MR) is 59.0 cm³/mol. The van der Waals surface area contributed by atoms with Crippen LogP contribution in [0.25, 0.3) is 11.1 Å². The predicted octanol–water partition coefficient (Wildman–Crippen LogP) is 3.26. The van der Waals surface area contributed by atoms with Crippen LogP contribution in [-0.2, 0) is 0 Å². The van der Waals surface area contributed by atoms with Gasteiger partial charge in [-0.2, -0.15) is 0 Å². The molecule has 5 heteroatoms. The van der Waals surface area contributed by atoms with Gasteiger partial charge < -0.3 is 5.73 Å². The van der Waals surface area contributed by atoms with E-state index in [4.69, 9.17) is 17.3 Å². The number of nitrogens with zero attached hydrogens (tertiary/aromatic N) is 1. The highest BCUT2D eigenvalue weighted by molar-refractivity contribution is 6.30. The summed E-state index contributed by atoms with van der Waals surface area (Å²) in [4.78, 5) is 3.62. The van der Waals surface area contributed by atoms with Crippen molar-refractivity contribution < 1.29 is 8.78 Å². The summed E-state index contributed by atoms with van der Waals surface area (Å²) in [5.41, 5.74) is 5.78. The molecule has 0 saturated heterocycles. The summed E-state index contributed by atoms with van der Waals surface area (Å²) in [7, 11) is 0. The van der Waals surface area contributed by atoms with Gasteiger partial charge in [-0.1, -0.05) is 11.6 Å². The van der Waals surface area contributed by atoms with Gasteiger partial charge in [-0.15, -0.1) is 0 Å². The first kappa shape index (κ1) is 10.8. The van der Waals surface area contributed by atoms with Crippen LogP contribution in [0, 0.1) is 11.6 Å². The largest absolute Gasteiger partial charge is 0.381 e. The van der Waals surface area contributed by atoms with E-state index in [0.29, 0.717) is 5.56 Å². The fourth-order valence-corrected chi connectivity index (χ4v) is 1.48. The second kappa shape index (κ2) is 4.06. The first-order valence-electron chi connectivity index (χ1n) is 4.44. The molecule has 1 aromatic carbocycles. The molecule has 0 fully saturated rings. The van der Waals surface area contributed by atoms with Gasteiger partial charge in [-0.05, 0) is 24.3 Å². The van der Waals surface area contributed by atoms with Crippen LogP contribution in [0.1, 0.15) is 0 Å². The Morgan fingerprint density at radius 1 is 1.12 bits per heavy atom. The van der Waals surface area contributed by atoms with Gasteiger partial charge in [0.2, 0.25) is 0 Å². The third-order valence-electron chi connectivity index (χ3n) is 2.11. The first-order chi connectivity index (χ1) is 7.58. The van der Waals surface area contributed by atoms with Crippen molar-refractivity contribution >= 4 is 17.4 Å². The Balaban J connectivity index is 2.54. The Morgan fingerprint density at radius 2 is 1.88 bits per heavy atom. The fraction of sp³-hybridized carbons (Fsp3) is 0. The summed E-state index contributed by atoms with van der Waals surface area (Å²) in [5.74, 6) is -1.41. The number of benzene rings is 1. The molecule has 2 rings (SSSR count). The van der Waals surface area contributed by atoms with Gasteiger partial charge in [0.25, 0.3) is 0 Å². The van der Waals surface area contributed by atoms with E-state index in [2.05, 4.69) is 4.98 Å². The lowest BCUT2D eigenvalue weighted by Crippen LogP contribution is -1.95. The molecule has 0 saturated carbocycles. The van der Waals surface area contributed by atoms with E-state index in [0.717, 1.165) is 12.1 Å². The highest BCUT2D eigenvalue weighted by atomic mass is 35.5. The third kappa shape index (κ3) is 1.97. The molecule has 0 amide bonds. The number of halogens is 3. The van der Waals surface area contributed by atoms with E-state index in [1.807, 2.05) is 0 Å². The van der Waals surface area contributed by atoms with Crippen LogP contribution in [0.15, 0.2) is 30.5 Å². The van der Waals surface area contributed by atoms with E-state index in [1.54, 1.807) is 0 Å². The topological polar surface area (TPSA) is 38.9 Å². The average Bonchev–Trinajstić information content (AvgIpc) is 2.22. The molecule has 0 radical (unpaired) electrons. The van der Waals surface area contributed by atoms with Crippen molar-refractivity contribution in [3.63, 3.8) is 0 Å². The van der Waals surface area contributed by atoms with Gasteiger partial charge in [0, 0.05) is 22.3 Å². The van der Waals surface area contributed by atoms with Crippen LogP contribution in [0.5, 0.6) is 0 Å². The molecule has 2 N–H and O–H groups in total. The molecule has 1 aromatic heterocycles. The average molecular weight is 241 g/mol. The monoisotopic (exact) mass is 240 g/mol. The van der Waals surface area contributed by atoms with Crippen molar-refractivity contribution in [3.05, 3.63) is 47.1 Å². The molecule has 82 valence electrons. The van der Waals surface area contributed by atoms with Crippen molar-refractivity contribution in [1.82, 2.24) is 4.98 Å². The van der Waals surface area contributed by atoms with E-state index >= 15 is 0 Å². The van der Waals surface area contributed by atoms with Gasteiger partial charge >= 0.3 is 0 Å². The molecule has 16 heavy (non-hydrogen) atoms. The summed E-state index contributed by atoms with van der Waals surface area (Å²) in [5, 5.41) is 0.283. The lowest BCUT2D eigenvalue weighted by molar-refractivity contribution is 0.624. The summed E-state index contributed by atoms with van der Waals surface area (Å²) in [6, 6.07) is 5.28. The molecule has 0 atom stereocenters. The van der Waals surface area contributed by atoms with Crippen molar-refractivity contribution in [2.75, 3.05) is 5.73 Å². The van der Waals surface area contributed by atoms with E-state index in [9.17, 15) is 8.78 Å². The number of anilines is 1. The van der Waals surface area contributed by atoms with Crippen molar-refractivity contribution in [3.8, 4) is 11.1 Å². The fourth-order valence-electron chi connectivity index (χ4n) is 1.32. The second-order valence-corrected chi connectivity index (χ2v) is 3.65. The SMILES string of the molecule is Nc1ncc(-c2ccc(Cl)cc2F)cc1F. The highest BCUT2D eigenvalue weighted by Gasteiger charge is 2.08. The minimum absolute atomic E-state index is 0.210. The number of pyridine rings is 1. The minimum Gasteiger partial charge on any atom is -0.381 e. The van der Waals surface area contributed by atoms with Gasteiger partial charge in [-0.3, -0.25) is 0 Å². The van der Waals surface area contributed by atoms with Crippen LogP contribution in [0.4, 0.5) is 14.6 Å². The molecule has 0 aliphatic rings. The summed E-state index contributed by atoms with van der Waals surface area (Å²) < 4.78 is 26.6. The Hall–Kier alpha value is -1.68. The van der Waals surface area contributed by atoms with Crippen LogP contribution in [-0.4, -0.2) is 4.98 Å².